The fourth-order valence-corrected chi connectivity index (χ4v) is 2.52. The fourth-order valence-electron chi connectivity index (χ4n) is 2.52. The van der Waals surface area contributed by atoms with Crippen LogP contribution >= 0.6 is 0 Å². The number of benzene rings is 2. The predicted octanol–water partition coefficient (Wildman–Crippen LogP) is 1.02. The summed E-state index contributed by atoms with van der Waals surface area (Å²) in [6.45, 7) is 0.368. The van der Waals surface area contributed by atoms with Gasteiger partial charge in [-0.3, -0.25) is 4.79 Å². The van der Waals surface area contributed by atoms with Crippen molar-refractivity contribution in [1.82, 2.24) is 4.90 Å². The number of β-amino-alcohol motifs (C(OH)–C–C–N with tert-alkyl or cyclic N) is 2. The van der Waals surface area contributed by atoms with E-state index in [1.165, 1.54) is 4.90 Å². The first-order chi connectivity index (χ1) is 9.16. The van der Waals surface area contributed by atoms with Gasteiger partial charge in [0.15, 0.2) is 0 Å². The minimum absolute atomic E-state index is 0.146. The number of fused-ring (bicyclic) bond motifs is 1. The number of amides is 1. The lowest BCUT2D eigenvalue weighted by atomic mass is 10.0. The average molecular weight is 257 g/mol. The number of hydrogen-bond donors (Lipinski definition) is 2. The van der Waals surface area contributed by atoms with Crippen LogP contribution in [0.3, 0.4) is 0 Å². The number of aliphatic hydroxyl groups is 2. The van der Waals surface area contributed by atoms with Crippen LogP contribution in [0.1, 0.15) is 10.4 Å². The molecule has 2 aromatic rings. The molecule has 2 atom stereocenters. The molecular weight excluding hydrogens is 242 g/mol. The molecule has 1 fully saturated rings. The highest BCUT2D eigenvalue weighted by atomic mass is 16.3. The maximum absolute atomic E-state index is 12.5. The highest BCUT2D eigenvalue weighted by Gasteiger charge is 2.33. The molecule has 98 valence electrons. The molecule has 3 rings (SSSR count). The minimum atomic E-state index is -0.848. The maximum Gasteiger partial charge on any atom is 0.254 e. The second kappa shape index (κ2) is 4.64. The van der Waals surface area contributed by atoms with Gasteiger partial charge in [0.25, 0.3) is 5.91 Å². The van der Waals surface area contributed by atoms with E-state index in [9.17, 15) is 15.0 Å². The van der Waals surface area contributed by atoms with Crippen molar-refractivity contribution in [3.8, 4) is 0 Å². The molecule has 0 aliphatic carbocycles. The van der Waals surface area contributed by atoms with Crippen LogP contribution in [0.15, 0.2) is 42.5 Å². The van der Waals surface area contributed by atoms with Crippen LogP contribution in [0.25, 0.3) is 10.8 Å². The Hall–Kier alpha value is -1.91. The summed E-state index contributed by atoms with van der Waals surface area (Å²) >= 11 is 0. The average Bonchev–Trinajstić information content (AvgIpc) is 2.77. The Morgan fingerprint density at radius 3 is 2.37 bits per heavy atom. The molecule has 4 heteroatoms. The number of rotatable bonds is 1. The van der Waals surface area contributed by atoms with Crippen molar-refractivity contribution >= 4 is 16.7 Å². The Kier molecular flexibility index (Phi) is 2.97. The van der Waals surface area contributed by atoms with Gasteiger partial charge in [0, 0.05) is 18.7 Å². The summed E-state index contributed by atoms with van der Waals surface area (Å²) in [5.74, 6) is -0.146. The SMILES string of the molecule is O=C(c1cccc2ccccc12)N1CC(O)C(O)C1. The highest BCUT2D eigenvalue weighted by Crippen LogP contribution is 2.22. The molecule has 2 unspecified atom stereocenters. The molecule has 0 spiro atoms. The fraction of sp³-hybridized carbons (Fsp3) is 0.267. The number of nitrogens with zero attached hydrogens (tertiary/aromatic N) is 1. The molecule has 19 heavy (non-hydrogen) atoms. The van der Waals surface area contributed by atoms with E-state index in [2.05, 4.69) is 0 Å². The van der Waals surface area contributed by atoms with E-state index in [0.717, 1.165) is 10.8 Å². The molecular formula is C15H15NO3. The Bertz CT molecular complexity index is 610. The van der Waals surface area contributed by atoms with Gasteiger partial charge in [0.05, 0.1) is 12.2 Å². The number of carbonyl (C=O) groups excluding carboxylic acids is 1. The van der Waals surface area contributed by atoms with E-state index in [1.54, 1.807) is 6.07 Å². The maximum atomic E-state index is 12.5. The number of carbonyl (C=O) groups is 1. The summed E-state index contributed by atoms with van der Waals surface area (Å²) in [4.78, 5) is 14.0. The lowest BCUT2D eigenvalue weighted by Gasteiger charge is -2.16. The van der Waals surface area contributed by atoms with Gasteiger partial charge in [0.2, 0.25) is 0 Å². The zero-order valence-corrected chi connectivity index (χ0v) is 10.4. The smallest absolute Gasteiger partial charge is 0.254 e. The van der Waals surface area contributed by atoms with Crippen molar-refractivity contribution < 1.29 is 15.0 Å². The predicted molar refractivity (Wildman–Crippen MR) is 71.9 cm³/mol. The largest absolute Gasteiger partial charge is 0.388 e. The van der Waals surface area contributed by atoms with Gasteiger partial charge in [0.1, 0.15) is 0 Å². The van der Waals surface area contributed by atoms with Gasteiger partial charge in [-0.25, -0.2) is 0 Å². The Morgan fingerprint density at radius 1 is 1.00 bits per heavy atom. The lowest BCUT2D eigenvalue weighted by Crippen LogP contribution is -2.29. The second-order valence-corrected chi connectivity index (χ2v) is 4.87. The van der Waals surface area contributed by atoms with Crippen LogP contribution in [0, 0.1) is 0 Å². The summed E-state index contributed by atoms with van der Waals surface area (Å²) < 4.78 is 0. The normalized spacial score (nSPS) is 22.9. The molecule has 1 amide bonds. The molecule has 1 heterocycles. The molecule has 0 radical (unpaired) electrons. The van der Waals surface area contributed by atoms with Crippen LogP contribution in [0.5, 0.6) is 0 Å². The molecule has 1 saturated heterocycles. The van der Waals surface area contributed by atoms with Crippen LogP contribution in [0.4, 0.5) is 0 Å². The monoisotopic (exact) mass is 257 g/mol. The van der Waals surface area contributed by atoms with Crippen molar-refractivity contribution in [3.05, 3.63) is 48.0 Å². The first-order valence-corrected chi connectivity index (χ1v) is 6.30. The van der Waals surface area contributed by atoms with E-state index >= 15 is 0 Å². The number of aliphatic hydroxyl groups excluding tert-OH is 2. The van der Waals surface area contributed by atoms with Gasteiger partial charge in [-0.15, -0.1) is 0 Å². The molecule has 0 saturated carbocycles. The summed E-state index contributed by atoms with van der Waals surface area (Å²) in [5.41, 5.74) is 0.611. The van der Waals surface area contributed by atoms with Crippen LogP contribution < -0.4 is 0 Å². The topological polar surface area (TPSA) is 60.8 Å². The van der Waals surface area contributed by atoms with Gasteiger partial charge in [-0.2, -0.15) is 0 Å². The molecule has 2 aromatic carbocycles. The first-order valence-electron chi connectivity index (χ1n) is 6.30. The van der Waals surface area contributed by atoms with E-state index in [-0.39, 0.29) is 19.0 Å². The highest BCUT2D eigenvalue weighted by molar-refractivity contribution is 6.07. The summed E-state index contributed by atoms with van der Waals surface area (Å²) in [6.07, 6.45) is -1.70. The van der Waals surface area contributed by atoms with Crippen molar-refractivity contribution in [2.75, 3.05) is 13.1 Å². The van der Waals surface area contributed by atoms with Gasteiger partial charge < -0.3 is 15.1 Å². The summed E-state index contributed by atoms with van der Waals surface area (Å²) in [6, 6.07) is 13.3. The third kappa shape index (κ3) is 2.09. The quantitative estimate of drug-likeness (QED) is 0.801. The van der Waals surface area contributed by atoms with Gasteiger partial charge in [-0.05, 0) is 16.8 Å². The van der Waals surface area contributed by atoms with Gasteiger partial charge in [-0.1, -0.05) is 36.4 Å². The summed E-state index contributed by atoms with van der Waals surface area (Å²) in [7, 11) is 0. The number of likely N-dealkylation sites (tertiary alicyclic amines) is 1. The Morgan fingerprint density at radius 2 is 1.63 bits per heavy atom. The van der Waals surface area contributed by atoms with Crippen LogP contribution in [-0.2, 0) is 0 Å². The zero-order chi connectivity index (χ0) is 13.4. The second-order valence-electron chi connectivity index (χ2n) is 4.87. The van der Waals surface area contributed by atoms with E-state index in [1.807, 2.05) is 36.4 Å². The molecule has 4 nitrogen and oxygen atoms in total. The van der Waals surface area contributed by atoms with Crippen molar-refractivity contribution in [1.29, 1.82) is 0 Å². The van der Waals surface area contributed by atoms with Crippen molar-refractivity contribution in [2.45, 2.75) is 12.2 Å². The standard InChI is InChI=1S/C15H15NO3/c17-13-8-16(9-14(13)18)15(19)12-7-3-5-10-4-1-2-6-11(10)12/h1-7,13-14,17-18H,8-9H2. The van der Waals surface area contributed by atoms with Crippen LogP contribution in [-0.4, -0.2) is 46.3 Å². The zero-order valence-electron chi connectivity index (χ0n) is 10.4. The number of hydrogen-bond acceptors (Lipinski definition) is 3. The van der Waals surface area contributed by atoms with Crippen molar-refractivity contribution in [3.63, 3.8) is 0 Å². The molecule has 1 aliphatic heterocycles. The van der Waals surface area contributed by atoms with Crippen molar-refractivity contribution in [2.24, 2.45) is 0 Å². The summed E-state index contributed by atoms with van der Waals surface area (Å²) in [5, 5.41) is 21.0. The molecule has 0 bridgehead atoms. The van der Waals surface area contributed by atoms with E-state index < -0.39 is 12.2 Å². The van der Waals surface area contributed by atoms with E-state index in [4.69, 9.17) is 0 Å². The third-order valence-corrected chi connectivity index (χ3v) is 3.57. The van der Waals surface area contributed by atoms with Gasteiger partial charge >= 0.3 is 0 Å². The minimum Gasteiger partial charge on any atom is -0.388 e. The Balaban J connectivity index is 1.98. The lowest BCUT2D eigenvalue weighted by molar-refractivity contribution is 0.0572. The van der Waals surface area contributed by atoms with E-state index in [0.29, 0.717) is 5.56 Å². The first kappa shape index (κ1) is 12.1. The van der Waals surface area contributed by atoms with Crippen LogP contribution in [0.2, 0.25) is 0 Å². The third-order valence-electron chi connectivity index (χ3n) is 3.57. The molecule has 2 N–H and O–H groups in total. The Labute approximate surface area is 110 Å². The molecule has 1 aliphatic rings. The molecule has 0 aromatic heterocycles.